The van der Waals surface area contributed by atoms with Crippen molar-refractivity contribution in [3.05, 3.63) is 35.4 Å². The van der Waals surface area contributed by atoms with Gasteiger partial charge in [-0.1, -0.05) is 32.9 Å². The Morgan fingerprint density at radius 2 is 1.43 bits per heavy atom. The average Bonchev–Trinajstić information content (AvgIpc) is 2.50. The number of carboxylic acids is 1. The van der Waals surface area contributed by atoms with Crippen LogP contribution in [0.4, 0.5) is 13.2 Å². The van der Waals surface area contributed by atoms with Gasteiger partial charge >= 0.3 is 18.1 Å². The molecule has 0 amide bonds. The normalized spacial score (nSPS) is 15.4. The predicted octanol–water partition coefficient (Wildman–Crippen LogP) is 5.81. The van der Waals surface area contributed by atoms with E-state index in [1.807, 2.05) is 33.9 Å². The zero-order chi connectivity index (χ0) is 23.7. The highest BCUT2D eigenvalue weighted by Gasteiger charge is 2.46. The summed E-state index contributed by atoms with van der Waals surface area (Å²) in [6, 6.07) is 4.01. The minimum atomic E-state index is -4.54. The van der Waals surface area contributed by atoms with Gasteiger partial charge in [-0.15, -0.1) is 0 Å². The zero-order valence-electron chi connectivity index (χ0n) is 18.7. The number of rotatable bonds is 6. The maximum Gasteiger partial charge on any atom is 0.416 e. The van der Waals surface area contributed by atoms with Gasteiger partial charge in [0.1, 0.15) is 5.60 Å². The van der Waals surface area contributed by atoms with Crippen molar-refractivity contribution in [2.45, 2.75) is 77.6 Å². The molecule has 1 aromatic rings. The van der Waals surface area contributed by atoms with Crippen molar-refractivity contribution >= 4 is 20.3 Å². The minimum absolute atomic E-state index is 0.172. The average molecular weight is 449 g/mol. The molecule has 2 atom stereocenters. The highest BCUT2D eigenvalue weighted by atomic mass is 28.4. The van der Waals surface area contributed by atoms with Gasteiger partial charge in [0.2, 0.25) is 0 Å². The summed E-state index contributed by atoms with van der Waals surface area (Å²) in [6.45, 7) is 14.4. The van der Waals surface area contributed by atoms with Gasteiger partial charge in [0.15, 0.2) is 14.2 Å². The predicted molar refractivity (Wildman–Crippen MR) is 109 cm³/mol. The molecule has 0 aliphatic heterocycles. The molecule has 0 saturated heterocycles. The maximum atomic E-state index is 13.0. The first-order valence-electron chi connectivity index (χ1n) is 9.57. The molecule has 1 aromatic carbocycles. The summed E-state index contributed by atoms with van der Waals surface area (Å²) >= 11 is 0. The first kappa shape index (κ1) is 26.2. The van der Waals surface area contributed by atoms with Crippen LogP contribution in [-0.2, 0) is 24.9 Å². The fraction of sp³-hybridized carbons (Fsp3) is 0.619. The molecule has 0 radical (unpaired) electrons. The Morgan fingerprint density at radius 1 is 0.967 bits per heavy atom. The monoisotopic (exact) mass is 448 g/mol. The number of alkyl halides is 3. The molecule has 0 bridgehead atoms. The quantitative estimate of drug-likeness (QED) is 0.338. The number of halogens is 3. The summed E-state index contributed by atoms with van der Waals surface area (Å²) in [6.07, 6.45) is -5.83. The third-order valence-electron chi connectivity index (χ3n) is 5.02. The van der Waals surface area contributed by atoms with E-state index in [1.54, 1.807) is 20.8 Å². The van der Waals surface area contributed by atoms with Crippen molar-refractivity contribution in [1.29, 1.82) is 0 Å². The second kappa shape index (κ2) is 8.70. The Balaban J connectivity index is 3.51. The number of carbonyl (C=O) groups excluding carboxylic acids is 1. The maximum absolute atomic E-state index is 13.0. The second-order valence-electron chi connectivity index (χ2n) is 9.77. The smallest absolute Gasteiger partial charge is 0.416 e. The lowest BCUT2D eigenvalue weighted by Crippen LogP contribution is -2.46. The van der Waals surface area contributed by atoms with Gasteiger partial charge in [-0.05, 0) is 56.6 Å². The van der Waals surface area contributed by atoms with Crippen LogP contribution in [-0.4, -0.2) is 31.0 Å². The van der Waals surface area contributed by atoms with Gasteiger partial charge in [0, 0.05) is 0 Å². The van der Waals surface area contributed by atoms with Crippen LogP contribution in [0.25, 0.3) is 0 Å². The van der Waals surface area contributed by atoms with Crippen LogP contribution in [0.1, 0.15) is 58.8 Å². The van der Waals surface area contributed by atoms with Crippen molar-refractivity contribution in [1.82, 2.24) is 0 Å². The Hall–Kier alpha value is -1.87. The van der Waals surface area contributed by atoms with E-state index >= 15 is 0 Å². The molecule has 0 aliphatic rings. The van der Waals surface area contributed by atoms with E-state index in [4.69, 9.17) is 9.16 Å². The Labute approximate surface area is 176 Å². The molecule has 0 spiro atoms. The highest BCUT2D eigenvalue weighted by Crippen LogP contribution is 2.42. The number of ether oxygens (including phenoxy) is 1. The van der Waals surface area contributed by atoms with Crippen LogP contribution >= 0.6 is 0 Å². The van der Waals surface area contributed by atoms with Gasteiger partial charge in [-0.2, -0.15) is 13.2 Å². The lowest BCUT2D eigenvalue weighted by Gasteiger charge is -2.40. The summed E-state index contributed by atoms with van der Waals surface area (Å²) in [5.41, 5.74) is -1.64. The number of carboxylic acid groups (broad SMARTS) is 1. The van der Waals surface area contributed by atoms with Crippen molar-refractivity contribution < 1.29 is 37.0 Å². The molecule has 0 saturated carbocycles. The van der Waals surface area contributed by atoms with E-state index in [9.17, 15) is 27.9 Å². The van der Waals surface area contributed by atoms with E-state index < -0.39 is 49.6 Å². The van der Waals surface area contributed by atoms with Crippen LogP contribution in [0.15, 0.2) is 24.3 Å². The standard InChI is InChI=1S/C21H31F3O5Si/c1-19(2,3)28-18(27)15(17(25)26)16(29-30(7,8)20(4,5)6)13-9-11-14(12-10-13)21(22,23)24/h9-12,15-16H,1-8H3,(H,25,26)/t15-,16+/m0/s1. The summed E-state index contributed by atoms with van der Waals surface area (Å²) in [5, 5.41) is 9.49. The summed E-state index contributed by atoms with van der Waals surface area (Å²) in [4.78, 5) is 24.8. The molecular weight excluding hydrogens is 417 g/mol. The van der Waals surface area contributed by atoms with E-state index in [1.165, 1.54) is 0 Å². The molecule has 0 aliphatic carbocycles. The van der Waals surface area contributed by atoms with Crippen molar-refractivity contribution in [3.8, 4) is 0 Å². The van der Waals surface area contributed by atoms with E-state index in [0.717, 1.165) is 24.3 Å². The molecular formula is C21H31F3O5Si. The van der Waals surface area contributed by atoms with E-state index in [-0.39, 0.29) is 10.6 Å². The third-order valence-corrected chi connectivity index (χ3v) is 9.48. The Kier molecular flexibility index (Phi) is 7.59. The van der Waals surface area contributed by atoms with Crippen LogP contribution in [0.3, 0.4) is 0 Å². The largest absolute Gasteiger partial charge is 0.481 e. The molecule has 0 aromatic heterocycles. The lowest BCUT2D eigenvalue weighted by molar-refractivity contribution is -0.171. The number of esters is 1. The summed E-state index contributed by atoms with van der Waals surface area (Å²) < 4.78 is 50.4. The molecule has 170 valence electrons. The summed E-state index contributed by atoms with van der Waals surface area (Å²) in [7, 11) is -2.61. The van der Waals surface area contributed by atoms with Crippen molar-refractivity contribution in [2.75, 3.05) is 0 Å². The molecule has 5 nitrogen and oxygen atoms in total. The molecule has 0 heterocycles. The Bertz CT molecular complexity index is 759. The minimum Gasteiger partial charge on any atom is -0.481 e. The van der Waals surface area contributed by atoms with Crippen LogP contribution in [0, 0.1) is 5.92 Å². The van der Waals surface area contributed by atoms with Crippen LogP contribution < -0.4 is 0 Å². The van der Waals surface area contributed by atoms with Crippen LogP contribution in [0.2, 0.25) is 18.1 Å². The number of hydrogen-bond acceptors (Lipinski definition) is 4. The topological polar surface area (TPSA) is 72.8 Å². The molecule has 9 heteroatoms. The lowest BCUT2D eigenvalue weighted by atomic mass is 9.94. The molecule has 30 heavy (non-hydrogen) atoms. The fourth-order valence-electron chi connectivity index (χ4n) is 2.40. The SMILES string of the molecule is CC(C)(C)OC(=O)[C@H](C(=O)O)[C@H](O[Si](C)(C)C(C)(C)C)c1ccc(C(F)(F)F)cc1. The van der Waals surface area contributed by atoms with Crippen molar-refractivity contribution in [2.24, 2.45) is 5.92 Å². The first-order valence-corrected chi connectivity index (χ1v) is 12.5. The first-order chi connectivity index (χ1) is 13.3. The number of benzene rings is 1. The van der Waals surface area contributed by atoms with Gasteiger partial charge in [0.05, 0.1) is 11.7 Å². The fourth-order valence-corrected chi connectivity index (χ4v) is 3.66. The highest BCUT2D eigenvalue weighted by molar-refractivity contribution is 6.74. The van der Waals surface area contributed by atoms with Gasteiger partial charge in [-0.3, -0.25) is 9.59 Å². The molecule has 1 N–H and O–H groups in total. The second-order valence-corrected chi connectivity index (χ2v) is 14.5. The number of aliphatic carboxylic acids is 1. The molecule has 0 fully saturated rings. The van der Waals surface area contributed by atoms with E-state index in [2.05, 4.69) is 0 Å². The zero-order valence-corrected chi connectivity index (χ0v) is 19.7. The van der Waals surface area contributed by atoms with Crippen LogP contribution in [0.5, 0.6) is 0 Å². The Morgan fingerprint density at radius 3 is 1.77 bits per heavy atom. The van der Waals surface area contributed by atoms with Gasteiger partial charge in [0.25, 0.3) is 0 Å². The van der Waals surface area contributed by atoms with E-state index in [0.29, 0.717) is 0 Å². The van der Waals surface area contributed by atoms with Crippen molar-refractivity contribution in [3.63, 3.8) is 0 Å². The summed E-state index contributed by atoms with van der Waals surface area (Å²) in [5.74, 6) is -4.19. The van der Waals surface area contributed by atoms with Gasteiger partial charge < -0.3 is 14.3 Å². The molecule has 1 rings (SSSR count). The number of carbonyl (C=O) groups is 2. The van der Waals surface area contributed by atoms with Gasteiger partial charge in [-0.25, -0.2) is 0 Å². The third kappa shape index (κ3) is 6.83. The molecule has 0 unspecified atom stereocenters. The number of hydrogen-bond donors (Lipinski definition) is 1.